The second-order valence-corrected chi connectivity index (χ2v) is 4.76. The zero-order valence-corrected chi connectivity index (χ0v) is 11.7. The summed E-state index contributed by atoms with van der Waals surface area (Å²) in [7, 11) is 1.57. The van der Waals surface area contributed by atoms with Crippen LogP contribution in [0.3, 0.4) is 0 Å². The van der Waals surface area contributed by atoms with E-state index >= 15 is 0 Å². The molecule has 5 heteroatoms. The Morgan fingerprint density at radius 2 is 1.89 bits per heavy atom. The minimum absolute atomic E-state index is 0.347. The van der Waals surface area contributed by atoms with Gasteiger partial charge in [0.15, 0.2) is 0 Å². The third kappa shape index (κ3) is 3.52. The summed E-state index contributed by atoms with van der Waals surface area (Å²) in [6, 6.07) is 9.73. The molecule has 0 spiro atoms. The van der Waals surface area contributed by atoms with Gasteiger partial charge in [0.05, 0.1) is 22.8 Å². The highest BCUT2D eigenvalue weighted by Gasteiger charge is 2.04. The molecule has 100 valence electrons. The van der Waals surface area contributed by atoms with E-state index in [4.69, 9.17) is 27.9 Å². The first-order chi connectivity index (χ1) is 9.10. The van der Waals surface area contributed by atoms with Gasteiger partial charge in [0.1, 0.15) is 11.6 Å². The molecule has 0 aliphatic carbocycles. The normalized spacial score (nSPS) is 10.3. The summed E-state index contributed by atoms with van der Waals surface area (Å²) in [4.78, 5) is 0. The van der Waals surface area contributed by atoms with Gasteiger partial charge in [-0.2, -0.15) is 0 Å². The fourth-order valence-electron chi connectivity index (χ4n) is 1.65. The number of hydrogen-bond donors (Lipinski definition) is 1. The van der Waals surface area contributed by atoms with E-state index < -0.39 is 0 Å². The van der Waals surface area contributed by atoms with Crippen molar-refractivity contribution >= 4 is 28.9 Å². The summed E-state index contributed by atoms with van der Waals surface area (Å²) >= 11 is 12.0. The molecule has 2 nitrogen and oxygen atoms in total. The Labute approximate surface area is 121 Å². The van der Waals surface area contributed by atoms with Crippen LogP contribution in [0.5, 0.6) is 5.75 Å². The third-order valence-corrected chi connectivity index (χ3v) is 3.24. The van der Waals surface area contributed by atoms with Crippen LogP contribution in [-0.4, -0.2) is 7.11 Å². The van der Waals surface area contributed by atoms with Crippen LogP contribution in [0.15, 0.2) is 36.4 Å². The fourth-order valence-corrected chi connectivity index (χ4v) is 2.16. The van der Waals surface area contributed by atoms with Crippen molar-refractivity contribution in [3.8, 4) is 5.75 Å². The second-order valence-electron chi connectivity index (χ2n) is 3.95. The predicted octanol–water partition coefficient (Wildman–Crippen LogP) is 4.75. The van der Waals surface area contributed by atoms with Gasteiger partial charge in [0.2, 0.25) is 0 Å². The van der Waals surface area contributed by atoms with E-state index in [1.165, 1.54) is 12.1 Å². The van der Waals surface area contributed by atoms with E-state index in [1.807, 2.05) is 12.1 Å². The quantitative estimate of drug-likeness (QED) is 0.879. The van der Waals surface area contributed by atoms with E-state index in [2.05, 4.69) is 5.32 Å². The molecule has 0 amide bonds. The van der Waals surface area contributed by atoms with Crippen molar-refractivity contribution in [3.63, 3.8) is 0 Å². The predicted molar refractivity (Wildman–Crippen MR) is 76.7 cm³/mol. The van der Waals surface area contributed by atoms with E-state index in [1.54, 1.807) is 19.2 Å². The fraction of sp³-hybridized carbons (Fsp3) is 0.143. The van der Waals surface area contributed by atoms with Gasteiger partial charge in [0, 0.05) is 6.54 Å². The lowest BCUT2D eigenvalue weighted by molar-refractivity contribution is 0.415. The van der Waals surface area contributed by atoms with Crippen molar-refractivity contribution in [2.45, 2.75) is 6.54 Å². The van der Waals surface area contributed by atoms with Crippen molar-refractivity contribution in [2.24, 2.45) is 0 Å². The van der Waals surface area contributed by atoms with E-state index in [-0.39, 0.29) is 5.82 Å². The van der Waals surface area contributed by atoms with Crippen LogP contribution in [0.4, 0.5) is 10.1 Å². The molecule has 0 radical (unpaired) electrons. The molecule has 0 atom stereocenters. The van der Waals surface area contributed by atoms with Gasteiger partial charge in [-0.05, 0) is 35.9 Å². The van der Waals surface area contributed by atoms with Gasteiger partial charge in [-0.25, -0.2) is 4.39 Å². The molecule has 2 aromatic carbocycles. The standard InChI is InChI=1S/C14H12Cl2FNO/c1-19-14-5-2-9(6-12(14)16)8-18-13-4-3-10(17)7-11(13)15/h2-7,18H,8H2,1H3. The zero-order valence-electron chi connectivity index (χ0n) is 10.2. The van der Waals surface area contributed by atoms with Gasteiger partial charge in [-0.15, -0.1) is 0 Å². The van der Waals surface area contributed by atoms with Crippen molar-refractivity contribution in [2.75, 3.05) is 12.4 Å². The molecule has 0 aromatic heterocycles. The van der Waals surface area contributed by atoms with Crippen LogP contribution < -0.4 is 10.1 Å². The Morgan fingerprint density at radius 3 is 2.53 bits per heavy atom. The summed E-state index contributed by atoms with van der Waals surface area (Å²) in [6.45, 7) is 0.537. The Morgan fingerprint density at radius 1 is 1.11 bits per heavy atom. The topological polar surface area (TPSA) is 21.3 Å². The van der Waals surface area contributed by atoms with Gasteiger partial charge in [-0.3, -0.25) is 0 Å². The molecular formula is C14H12Cl2FNO. The zero-order chi connectivity index (χ0) is 13.8. The lowest BCUT2D eigenvalue weighted by atomic mass is 10.2. The molecule has 0 aliphatic heterocycles. The first-order valence-corrected chi connectivity index (χ1v) is 6.37. The summed E-state index contributed by atoms with van der Waals surface area (Å²) in [6.07, 6.45) is 0. The Kier molecular flexibility index (Phi) is 4.51. The maximum Gasteiger partial charge on any atom is 0.137 e. The smallest absolute Gasteiger partial charge is 0.137 e. The number of rotatable bonds is 4. The number of nitrogens with one attached hydrogen (secondary N) is 1. The van der Waals surface area contributed by atoms with Crippen molar-refractivity contribution in [1.29, 1.82) is 0 Å². The van der Waals surface area contributed by atoms with Crippen molar-refractivity contribution in [1.82, 2.24) is 0 Å². The minimum Gasteiger partial charge on any atom is -0.495 e. The SMILES string of the molecule is COc1ccc(CNc2ccc(F)cc2Cl)cc1Cl. The lowest BCUT2D eigenvalue weighted by Crippen LogP contribution is -2.00. The van der Waals surface area contributed by atoms with E-state index in [0.29, 0.717) is 28.0 Å². The number of anilines is 1. The van der Waals surface area contributed by atoms with Gasteiger partial charge in [-0.1, -0.05) is 29.3 Å². The Hall–Kier alpha value is -1.45. The summed E-state index contributed by atoms with van der Waals surface area (Å²) in [5, 5.41) is 4.02. The number of halogens is 3. The molecule has 0 saturated carbocycles. The van der Waals surface area contributed by atoms with Gasteiger partial charge < -0.3 is 10.1 Å². The third-order valence-electron chi connectivity index (χ3n) is 2.63. The number of ether oxygens (including phenoxy) is 1. The first kappa shape index (κ1) is 14.0. The average Bonchev–Trinajstić information content (AvgIpc) is 2.38. The summed E-state index contributed by atoms with van der Waals surface area (Å²) < 4.78 is 18.0. The number of benzene rings is 2. The Bertz CT molecular complexity index is 590. The molecule has 0 unspecified atom stereocenters. The minimum atomic E-state index is -0.358. The van der Waals surface area contributed by atoms with Crippen LogP contribution in [0.1, 0.15) is 5.56 Å². The van der Waals surface area contributed by atoms with Crippen LogP contribution in [-0.2, 0) is 6.54 Å². The highest BCUT2D eigenvalue weighted by atomic mass is 35.5. The number of methoxy groups -OCH3 is 1. The highest BCUT2D eigenvalue weighted by Crippen LogP contribution is 2.26. The van der Waals surface area contributed by atoms with Crippen molar-refractivity contribution < 1.29 is 9.13 Å². The lowest BCUT2D eigenvalue weighted by Gasteiger charge is -2.10. The first-order valence-electron chi connectivity index (χ1n) is 5.61. The maximum atomic E-state index is 12.9. The highest BCUT2D eigenvalue weighted by molar-refractivity contribution is 6.33. The molecule has 0 saturated heterocycles. The van der Waals surface area contributed by atoms with Gasteiger partial charge >= 0.3 is 0 Å². The van der Waals surface area contributed by atoms with Crippen LogP contribution in [0, 0.1) is 5.82 Å². The van der Waals surface area contributed by atoms with Crippen LogP contribution in [0.2, 0.25) is 10.0 Å². The molecule has 1 N–H and O–H groups in total. The summed E-state index contributed by atoms with van der Waals surface area (Å²) in [5.74, 6) is 0.272. The molecule has 0 bridgehead atoms. The molecule has 0 fully saturated rings. The van der Waals surface area contributed by atoms with Crippen LogP contribution >= 0.6 is 23.2 Å². The largest absolute Gasteiger partial charge is 0.495 e. The summed E-state index contributed by atoms with van der Waals surface area (Å²) in [5.41, 5.74) is 1.65. The maximum absolute atomic E-state index is 12.9. The molecule has 2 aromatic rings. The Balaban J connectivity index is 2.08. The van der Waals surface area contributed by atoms with E-state index in [0.717, 1.165) is 5.56 Å². The molecule has 2 rings (SSSR count). The molecule has 0 aliphatic rings. The second kappa shape index (κ2) is 6.13. The molecule has 19 heavy (non-hydrogen) atoms. The average molecular weight is 300 g/mol. The van der Waals surface area contributed by atoms with Crippen molar-refractivity contribution in [3.05, 3.63) is 57.8 Å². The van der Waals surface area contributed by atoms with Crippen LogP contribution in [0.25, 0.3) is 0 Å². The number of hydrogen-bond acceptors (Lipinski definition) is 2. The van der Waals surface area contributed by atoms with Gasteiger partial charge in [0.25, 0.3) is 0 Å². The molecular weight excluding hydrogens is 288 g/mol. The monoisotopic (exact) mass is 299 g/mol. The van der Waals surface area contributed by atoms with E-state index in [9.17, 15) is 4.39 Å². The molecule has 0 heterocycles.